The smallest absolute Gasteiger partial charge is 0.292 e. The Labute approximate surface area is 53.1 Å². The lowest BCUT2D eigenvalue weighted by molar-refractivity contribution is 0.180. The average Bonchev–Trinajstić information content (AvgIpc) is 1.63. The fourth-order valence-corrected chi connectivity index (χ4v) is 0.526. The maximum atomic E-state index is 10.2. The first kappa shape index (κ1) is 8.79. The van der Waals surface area contributed by atoms with E-state index < -0.39 is 16.8 Å². The lowest BCUT2D eigenvalue weighted by Gasteiger charge is -2.03. The first-order valence-corrected chi connectivity index (χ1v) is 3.31. The quantitative estimate of drug-likeness (QED) is 0.462. The van der Waals surface area contributed by atoms with E-state index in [9.17, 15) is 8.42 Å². The largest absolute Gasteiger partial charge is 0.402 e. The molecule has 0 amide bonds. The van der Waals surface area contributed by atoms with E-state index in [1.54, 1.807) is 0 Å². The van der Waals surface area contributed by atoms with Gasteiger partial charge in [0.2, 0.25) is 0 Å². The van der Waals surface area contributed by atoms with Gasteiger partial charge < -0.3 is 0 Å². The zero-order chi connectivity index (χ0) is 7.49. The molecule has 7 heteroatoms. The Morgan fingerprint density at radius 2 is 1.89 bits per heavy atom. The van der Waals surface area contributed by atoms with Gasteiger partial charge in [0.05, 0.1) is 7.11 Å². The van der Waals surface area contributed by atoms with Crippen LogP contribution in [-0.4, -0.2) is 21.9 Å². The highest BCUT2D eigenvalue weighted by Crippen LogP contribution is 1.91. The number of rotatable bonds is 3. The summed E-state index contributed by atoms with van der Waals surface area (Å²) in [5.74, 6) is 0. The van der Waals surface area contributed by atoms with Gasteiger partial charge in [0.15, 0.2) is 6.35 Å². The third kappa shape index (κ3) is 4.30. The molecular formula is C2H8N2O4S. The van der Waals surface area contributed by atoms with Crippen LogP contribution in [-0.2, 0) is 18.8 Å². The molecule has 4 N–H and O–H groups in total. The van der Waals surface area contributed by atoms with Crippen LogP contribution in [0.1, 0.15) is 0 Å². The molecule has 0 saturated carbocycles. The minimum atomic E-state index is -3.97. The molecule has 0 saturated heterocycles. The van der Waals surface area contributed by atoms with Crippen molar-refractivity contribution in [3.05, 3.63) is 0 Å². The van der Waals surface area contributed by atoms with Crippen LogP contribution in [0.3, 0.4) is 0 Å². The SMILES string of the molecule is COS(=O)(=O)OC(N)N. The van der Waals surface area contributed by atoms with Crippen LogP contribution < -0.4 is 11.5 Å². The number of hydrogen-bond donors (Lipinski definition) is 2. The van der Waals surface area contributed by atoms with Crippen molar-refractivity contribution in [3.8, 4) is 0 Å². The summed E-state index contributed by atoms with van der Waals surface area (Å²) in [6.45, 7) is 0. The minimum Gasteiger partial charge on any atom is -0.292 e. The molecule has 0 spiro atoms. The third-order valence-electron chi connectivity index (χ3n) is 0.433. The summed E-state index contributed by atoms with van der Waals surface area (Å²) in [4.78, 5) is 0. The van der Waals surface area contributed by atoms with Crippen LogP contribution in [0.15, 0.2) is 0 Å². The van der Waals surface area contributed by atoms with Crippen molar-refractivity contribution in [1.82, 2.24) is 0 Å². The fraction of sp³-hybridized carbons (Fsp3) is 1.00. The summed E-state index contributed by atoms with van der Waals surface area (Å²) in [5.41, 5.74) is 9.50. The van der Waals surface area contributed by atoms with Crippen LogP contribution in [0.25, 0.3) is 0 Å². The van der Waals surface area contributed by atoms with Gasteiger partial charge >= 0.3 is 10.4 Å². The van der Waals surface area contributed by atoms with Gasteiger partial charge in [-0.15, -0.1) is 0 Å². The van der Waals surface area contributed by atoms with Crippen molar-refractivity contribution in [3.63, 3.8) is 0 Å². The van der Waals surface area contributed by atoms with Gasteiger partial charge in [-0.2, -0.15) is 8.42 Å². The van der Waals surface area contributed by atoms with Crippen LogP contribution >= 0.6 is 0 Å². The maximum absolute atomic E-state index is 10.2. The van der Waals surface area contributed by atoms with Gasteiger partial charge in [0.25, 0.3) is 0 Å². The summed E-state index contributed by atoms with van der Waals surface area (Å²) >= 11 is 0. The van der Waals surface area contributed by atoms with Crippen molar-refractivity contribution < 1.29 is 16.8 Å². The van der Waals surface area contributed by atoms with E-state index in [1.165, 1.54) is 0 Å². The first-order chi connectivity index (χ1) is 3.98. The zero-order valence-electron chi connectivity index (χ0n) is 4.77. The average molecular weight is 156 g/mol. The molecule has 0 fully saturated rings. The van der Waals surface area contributed by atoms with Gasteiger partial charge in [-0.05, 0) is 0 Å². The molecule has 0 atom stereocenters. The van der Waals surface area contributed by atoms with E-state index >= 15 is 0 Å². The fourth-order valence-electron chi connectivity index (χ4n) is 0.175. The molecule has 56 valence electrons. The van der Waals surface area contributed by atoms with Crippen molar-refractivity contribution >= 4 is 10.4 Å². The van der Waals surface area contributed by atoms with E-state index in [1.807, 2.05) is 0 Å². The molecule has 9 heavy (non-hydrogen) atoms. The standard InChI is InChI=1S/C2H8N2O4S/c1-7-9(5,6)8-2(3)4/h2H,3-4H2,1H3. The molecule has 0 aliphatic rings. The van der Waals surface area contributed by atoms with E-state index in [0.717, 1.165) is 7.11 Å². The van der Waals surface area contributed by atoms with E-state index in [-0.39, 0.29) is 0 Å². The summed E-state index contributed by atoms with van der Waals surface area (Å²) in [6.07, 6.45) is -1.37. The Morgan fingerprint density at radius 3 is 2.00 bits per heavy atom. The molecule has 0 heterocycles. The second-order valence-electron chi connectivity index (χ2n) is 1.14. The maximum Gasteiger partial charge on any atom is 0.402 e. The highest BCUT2D eigenvalue weighted by atomic mass is 32.3. The number of hydrogen-bond acceptors (Lipinski definition) is 6. The Bertz CT molecular complexity index is 161. The van der Waals surface area contributed by atoms with Crippen LogP contribution in [0.4, 0.5) is 0 Å². The molecule has 6 nitrogen and oxygen atoms in total. The molecule has 0 radical (unpaired) electrons. The Balaban J connectivity index is 3.90. The second kappa shape index (κ2) is 3.08. The molecule has 0 bridgehead atoms. The van der Waals surface area contributed by atoms with Gasteiger partial charge in [0.1, 0.15) is 0 Å². The van der Waals surface area contributed by atoms with Crippen molar-refractivity contribution in [2.24, 2.45) is 11.5 Å². The highest BCUT2D eigenvalue weighted by Gasteiger charge is 2.10. The van der Waals surface area contributed by atoms with Crippen LogP contribution in [0.2, 0.25) is 0 Å². The lowest BCUT2D eigenvalue weighted by atomic mass is 11.1. The van der Waals surface area contributed by atoms with Crippen LogP contribution in [0.5, 0.6) is 0 Å². The Kier molecular flexibility index (Phi) is 3.01. The second-order valence-corrected chi connectivity index (χ2v) is 2.48. The van der Waals surface area contributed by atoms with Gasteiger partial charge in [-0.1, -0.05) is 0 Å². The highest BCUT2D eigenvalue weighted by molar-refractivity contribution is 7.81. The van der Waals surface area contributed by atoms with E-state index in [2.05, 4.69) is 8.37 Å². The third-order valence-corrected chi connectivity index (χ3v) is 1.30. The lowest BCUT2D eigenvalue weighted by Crippen LogP contribution is -2.35. The predicted molar refractivity (Wildman–Crippen MR) is 29.2 cm³/mol. The molecule has 0 aliphatic heterocycles. The molecule has 0 unspecified atom stereocenters. The minimum absolute atomic E-state index is 0.942. The monoisotopic (exact) mass is 156 g/mol. The van der Waals surface area contributed by atoms with E-state index in [4.69, 9.17) is 11.5 Å². The Hall–Kier alpha value is -0.210. The summed E-state index contributed by atoms with van der Waals surface area (Å²) in [5, 5.41) is 0. The predicted octanol–water partition coefficient (Wildman–Crippen LogP) is -1.90. The number of nitrogens with two attached hydrogens (primary N) is 2. The molecule has 0 aliphatic carbocycles. The summed E-state index contributed by atoms with van der Waals surface area (Å²) in [6, 6.07) is 0. The normalized spacial score (nSPS) is 12.4. The molecule has 0 aromatic heterocycles. The van der Waals surface area contributed by atoms with Gasteiger partial charge in [-0.25, -0.2) is 4.18 Å². The zero-order valence-corrected chi connectivity index (χ0v) is 5.59. The Morgan fingerprint density at radius 1 is 1.44 bits per heavy atom. The van der Waals surface area contributed by atoms with Crippen LogP contribution in [0, 0.1) is 0 Å². The summed E-state index contributed by atoms with van der Waals surface area (Å²) in [7, 11) is -3.03. The first-order valence-electron chi connectivity index (χ1n) is 1.98. The summed E-state index contributed by atoms with van der Waals surface area (Å²) < 4.78 is 28.1. The topological polar surface area (TPSA) is 105 Å². The van der Waals surface area contributed by atoms with Crippen molar-refractivity contribution in [2.45, 2.75) is 6.35 Å². The van der Waals surface area contributed by atoms with E-state index in [0.29, 0.717) is 0 Å². The molecule has 0 aromatic carbocycles. The van der Waals surface area contributed by atoms with Crippen molar-refractivity contribution in [2.75, 3.05) is 7.11 Å². The van der Waals surface area contributed by atoms with Gasteiger partial charge in [-0.3, -0.25) is 15.7 Å². The van der Waals surface area contributed by atoms with Gasteiger partial charge in [0, 0.05) is 0 Å². The molecular weight excluding hydrogens is 148 g/mol. The van der Waals surface area contributed by atoms with Crippen molar-refractivity contribution in [1.29, 1.82) is 0 Å². The molecule has 0 aromatic rings. The molecule has 0 rings (SSSR count).